The smallest absolute Gasteiger partial charge is 0.272 e. The number of nitrogens with zero attached hydrogens (tertiary/aromatic N) is 1. The van der Waals surface area contributed by atoms with Crippen molar-refractivity contribution in [2.24, 2.45) is 0 Å². The molecule has 3 N–H and O–H groups in total. The monoisotopic (exact) mass is 356 g/mol. The highest BCUT2D eigenvalue weighted by atomic mass is 35.5. The standard InChI is InChI=1S/C18H17ClN4O2/c19-13-8-6-12(7-9-13)17(24)21-11-3-10-20-16-14-4-1-2-5-15(14)18(25)23-22-16/h1-2,4-9H,3,10-11H2,(H,20,22)(H,21,24)(H,23,25). The van der Waals surface area contributed by atoms with Crippen LogP contribution in [0.15, 0.2) is 53.3 Å². The van der Waals surface area contributed by atoms with Crippen LogP contribution < -0.4 is 16.2 Å². The van der Waals surface area contributed by atoms with Gasteiger partial charge in [0.1, 0.15) is 0 Å². The van der Waals surface area contributed by atoms with E-state index in [1.807, 2.05) is 18.2 Å². The highest BCUT2D eigenvalue weighted by Gasteiger charge is 2.06. The van der Waals surface area contributed by atoms with Crippen LogP contribution in [-0.2, 0) is 0 Å². The Kier molecular flexibility index (Phi) is 5.30. The van der Waals surface area contributed by atoms with Gasteiger partial charge >= 0.3 is 0 Å². The van der Waals surface area contributed by atoms with Crippen molar-refractivity contribution in [1.29, 1.82) is 0 Å². The van der Waals surface area contributed by atoms with Crippen molar-refractivity contribution in [1.82, 2.24) is 15.5 Å². The number of hydrogen-bond acceptors (Lipinski definition) is 4. The molecule has 0 aliphatic heterocycles. The summed E-state index contributed by atoms with van der Waals surface area (Å²) in [6, 6.07) is 14.0. The zero-order chi connectivity index (χ0) is 17.6. The van der Waals surface area contributed by atoms with E-state index in [9.17, 15) is 9.59 Å². The van der Waals surface area contributed by atoms with Gasteiger partial charge in [0.25, 0.3) is 11.5 Å². The summed E-state index contributed by atoms with van der Waals surface area (Å²) in [6.07, 6.45) is 0.717. The molecule has 1 aromatic heterocycles. The SMILES string of the molecule is O=C(NCCCNc1n[nH]c(=O)c2ccccc12)c1ccc(Cl)cc1. The Morgan fingerprint density at radius 2 is 1.76 bits per heavy atom. The van der Waals surface area contributed by atoms with Crippen molar-refractivity contribution < 1.29 is 4.79 Å². The Bertz CT molecular complexity index is 938. The van der Waals surface area contributed by atoms with E-state index in [2.05, 4.69) is 20.8 Å². The Labute approximate surface area is 149 Å². The number of fused-ring (bicyclic) bond motifs is 1. The summed E-state index contributed by atoms with van der Waals surface area (Å²) in [7, 11) is 0. The second-order valence-corrected chi connectivity index (χ2v) is 5.93. The van der Waals surface area contributed by atoms with Crippen molar-refractivity contribution in [3.05, 3.63) is 69.5 Å². The maximum absolute atomic E-state index is 12.0. The van der Waals surface area contributed by atoms with Gasteiger partial charge < -0.3 is 10.6 Å². The lowest BCUT2D eigenvalue weighted by molar-refractivity contribution is 0.0953. The molecular formula is C18H17ClN4O2. The lowest BCUT2D eigenvalue weighted by atomic mass is 10.2. The minimum atomic E-state index is -0.212. The lowest BCUT2D eigenvalue weighted by Crippen LogP contribution is -2.26. The van der Waals surface area contributed by atoms with E-state index in [0.717, 1.165) is 5.39 Å². The number of benzene rings is 2. The third kappa shape index (κ3) is 4.16. The van der Waals surface area contributed by atoms with Crippen molar-refractivity contribution in [3.63, 3.8) is 0 Å². The average molecular weight is 357 g/mol. The van der Waals surface area contributed by atoms with Crippen LogP contribution >= 0.6 is 11.6 Å². The number of H-pyrrole nitrogens is 1. The average Bonchev–Trinajstić information content (AvgIpc) is 2.64. The van der Waals surface area contributed by atoms with Crippen molar-refractivity contribution in [2.75, 3.05) is 18.4 Å². The third-order valence-electron chi connectivity index (χ3n) is 3.73. The van der Waals surface area contributed by atoms with Gasteiger partial charge in [-0.3, -0.25) is 9.59 Å². The fourth-order valence-corrected chi connectivity index (χ4v) is 2.58. The maximum atomic E-state index is 12.0. The molecule has 0 aliphatic rings. The first-order valence-electron chi connectivity index (χ1n) is 7.90. The molecule has 0 saturated heterocycles. The summed E-state index contributed by atoms with van der Waals surface area (Å²) in [5.41, 5.74) is 0.363. The van der Waals surface area contributed by atoms with E-state index < -0.39 is 0 Å². The van der Waals surface area contributed by atoms with Gasteiger partial charge in [-0.25, -0.2) is 5.10 Å². The molecular weight excluding hydrogens is 340 g/mol. The Balaban J connectivity index is 1.51. The topological polar surface area (TPSA) is 86.9 Å². The fraction of sp³-hybridized carbons (Fsp3) is 0.167. The van der Waals surface area contributed by atoms with Gasteiger partial charge in [-0.15, -0.1) is 0 Å². The quantitative estimate of drug-likeness (QED) is 0.593. The van der Waals surface area contributed by atoms with Crippen molar-refractivity contribution >= 4 is 34.1 Å². The maximum Gasteiger partial charge on any atom is 0.272 e. The minimum absolute atomic E-state index is 0.135. The zero-order valence-corrected chi connectivity index (χ0v) is 14.1. The number of halogens is 1. The molecule has 3 aromatic rings. The number of carbonyl (C=O) groups is 1. The Morgan fingerprint density at radius 3 is 2.52 bits per heavy atom. The molecule has 1 amide bonds. The molecule has 7 heteroatoms. The number of carbonyl (C=O) groups excluding carboxylic acids is 1. The number of rotatable bonds is 6. The van der Waals surface area contributed by atoms with Gasteiger partial charge in [0.15, 0.2) is 5.82 Å². The zero-order valence-electron chi connectivity index (χ0n) is 13.4. The molecule has 0 bridgehead atoms. The molecule has 0 saturated carbocycles. The van der Waals surface area contributed by atoms with Crippen LogP contribution in [0.3, 0.4) is 0 Å². The van der Waals surface area contributed by atoms with Crippen LogP contribution in [0.5, 0.6) is 0 Å². The first-order valence-corrected chi connectivity index (χ1v) is 8.28. The predicted octanol–water partition coefficient (Wildman–Crippen LogP) is 2.81. The summed E-state index contributed by atoms with van der Waals surface area (Å²) in [5.74, 6) is 0.489. The first kappa shape index (κ1) is 17.0. The van der Waals surface area contributed by atoms with Crippen LogP contribution in [0.4, 0.5) is 5.82 Å². The van der Waals surface area contributed by atoms with E-state index in [0.29, 0.717) is 41.3 Å². The first-order chi connectivity index (χ1) is 12.1. The van der Waals surface area contributed by atoms with Gasteiger partial charge in [0.2, 0.25) is 0 Å². The van der Waals surface area contributed by atoms with E-state index in [1.54, 1.807) is 30.3 Å². The molecule has 3 rings (SSSR count). The van der Waals surface area contributed by atoms with Crippen molar-refractivity contribution in [2.45, 2.75) is 6.42 Å². The van der Waals surface area contributed by atoms with Gasteiger partial charge in [-0.2, -0.15) is 5.10 Å². The number of hydrogen-bond donors (Lipinski definition) is 3. The van der Waals surface area contributed by atoms with E-state index in [-0.39, 0.29) is 11.5 Å². The number of amides is 1. The molecule has 1 heterocycles. The molecule has 0 spiro atoms. The predicted molar refractivity (Wildman–Crippen MR) is 99.3 cm³/mol. The Hall–Kier alpha value is -2.86. The normalized spacial score (nSPS) is 10.6. The van der Waals surface area contributed by atoms with Crippen molar-refractivity contribution in [3.8, 4) is 0 Å². The van der Waals surface area contributed by atoms with Crippen LogP contribution in [0, 0.1) is 0 Å². The largest absolute Gasteiger partial charge is 0.368 e. The van der Waals surface area contributed by atoms with Gasteiger partial charge in [-0.05, 0) is 36.8 Å². The minimum Gasteiger partial charge on any atom is -0.368 e. The van der Waals surface area contributed by atoms with E-state index >= 15 is 0 Å². The molecule has 2 aromatic carbocycles. The van der Waals surface area contributed by atoms with Crippen LogP contribution in [0.1, 0.15) is 16.8 Å². The summed E-state index contributed by atoms with van der Waals surface area (Å²) in [4.78, 5) is 23.7. The van der Waals surface area contributed by atoms with Crippen LogP contribution in [0.2, 0.25) is 5.02 Å². The van der Waals surface area contributed by atoms with Gasteiger partial charge in [0, 0.05) is 29.1 Å². The number of aromatic nitrogens is 2. The van der Waals surface area contributed by atoms with E-state index in [1.165, 1.54) is 0 Å². The molecule has 25 heavy (non-hydrogen) atoms. The number of aromatic amines is 1. The summed E-state index contributed by atoms with van der Waals surface area (Å²) >= 11 is 5.80. The molecule has 0 radical (unpaired) electrons. The van der Waals surface area contributed by atoms with Crippen LogP contribution in [0.25, 0.3) is 10.8 Å². The second-order valence-electron chi connectivity index (χ2n) is 5.49. The van der Waals surface area contributed by atoms with E-state index in [4.69, 9.17) is 11.6 Å². The Morgan fingerprint density at radius 1 is 1.04 bits per heavy atom. The summed E-state index contributed by atoms with van der Waals surface area (Å²) in [5, 5.41) is 14.5. The highest BCUT2D eigenvalue weighted by Crippen LogP contribution is 2.16. The number of nitrogens with one attached hydrogen (secondary N) is 3. The molecule has 6 nitrogen and oxygen atoms in total. The van der Waals surface area contributed by atoms with Crippen LogP contribution in [-0.4, -0.2) is 29.2 Å². The van der Waals surface area contributed by atoms with Gasteiger partial charge in [-0.1, -0.05) is 29.8 Å². The summed E-state index contributed by atoms with van der Waals surface area (Å²) < 4.78 is 0. The molecule has 128 valence electrons. The lowest BCUT2D eigenvalue weighted by Gasteiger charge is -2.09. The highest BCUT2D eigenvalue weighted by molar-refractivity contribution is 6.30. The number of anilines is 1. The molecule has 0 unspecified atom stereocenters. The third-order valence-corrected chi connectivity index (χ3v) is 3.99. The molecule has 0 aliphatic carbocycles. The second kappa shape index (κ2) is 7.81. The fourth-order valence-electron chi connectivity index (χ4n) is 2.45. The summed E-state index contributed by atoms with van der Waals surface area (Å²) in [6.45, 7) is 1.14. The van der Waals surface area contributed by atoms with Gasteiger partial charge in [0.05, 0.1) is 5.39 Å². The molecule has 0 fully saturated rings. The molecule has 0 atom stereocenters.